The van der Waals surface area contributed by atoms with Gasteiger partial charge in [0.15, 0.2) is 5.78 Å². The molecule has 1 aromatic carbocycles. The molecule has 4 heteroatoms. The van der Waals surface area contributed by atoms with Gasteiger partial charge < -0.3 is 5.11 Å². The Labute approximate surface area is 124 Å². The normalized spacial score (nSPS) is 22.0. The van der Waals surface area contributed by atoms with Crippen molar-refractivity contribution in [2.24, 2.45) is 5.92 Å². The molecule has 3 rings (SSSR count). The molecule has 2 aliphatic rings. The van der Waals surface area contributed by atoms with Crippen molar-refractivity contribution in [1.29, 1.82) is 0 Å². The Morgan fingerprint density at radius 1 is 1.19 bits per heavy atom. The number of fused-ring (bicyclic) bond motifs is 1. The molecule has 112 valence electrons. The van der Waals surface area contributed by atoms with Crippen LogP contribution in [-0.4, -0.2) is 41.4 Å². The molecule has 1 aliphatic heterocycles. The Balaban J connectivity index is 1.64. The Hall–Kier alpha value is -1.68. The van der Waals surface area contributed by atoms with E-state index in [4.69, 9.17) is 5.11 Å². The number of benzene rings is 1. The van der Waals surface area contributed by atoms with Crippen molar-refractivity contribution in [3.05, 3.63) is 34.9 Å². The lowest BCUT2D eigenvalue weighted by atomic mass is 9.97. The summed E-state index contributed by atoms with van der Waals surface area (Å²) in [4.78, 5) is 25.5. The minimum absolute atomic E-state index is 0.107. The van der Waals surface area contributed by atoms with E-state index in [-0.39, 0.29) is 11.7 Å². The van der Waals surface area contributed by atoms with E-state index in [1.807, 2.05) is 17.0 Å². The van der Waals surface area contributed by atoms with Crippen LogP contribution in [0.3, 0.4) is 0 Å². The molecule has 1 unspecified atom stereocenters. The van der Waals surface area contributed by atoms with Gasteiger partial charge in [0.2, 0.25) is 0 Å². The number of aryl methyl sites for hydroxylation is 2. The van der Waals surface area contributed by atoms with E-state index >= 15 is 0 Å². The van der Waals surface area contributed by atoms with Crippen molar-refractivity contribution in [1.82, 2.24) is 4.90 Å². The van der Waals surface area contributed by atoms with Crippen LogP contribution in [-0.2, 0) is 17.6 Å². The minimum atomic E-state index is -0.746. The summed E-state index contributed by atoms with van der Waals surface area (Å²) < 4.78 is 0. The number of ketones is 1. The molecule has 0 bridgehead atoms. The molecule has 1 saturated heterocycles. The molecule has 0 amide bonds. The van der Waals surface area contributed by atoms with Crippen LogP contribution in [0.1, 0.15) is 40.7 Å². The summed E-state index contributed by atoms with van der Waals surface area (Å²) in [5.41, 5.74) is 3.45. The molecule has 0 saturated carbocycles. The highest BCUT2D eigenvalue weighted by molar-refractivity contribution is 5.98. The predicted molar refractivity (Wildman–Crippen MR) is 79.6 cm³/mol. The molecule has 1 N–H and O–H groups in total. The largest absolute Gasteiger partial charge is 0.481 e. The monoisotopic (exact) mass is 287 g/mol. The van der Waals surface area contributed by atoms with Gasteiger partial charge >= 0.3 is 5.97 Å². The molecule has 1 heterocycles. The van der Waals surface area contributed by atoms with Gasteiger partial charge in [-0.3, -0.25) is 14.5 Å². The number of hydrogen-bond donors (Lipinski definition) is 1. The third kappa shape index (κ3) is 3.16. The van der Waals surface area contributed by atoms with Crippen molar-refractivity contribution in [3.8, 4) is 0 Å². The maximum absolute atomic E-state index is 12.4. The number of carbonyl (C=O) groups is 2. The Kier molecular flexibility index (Phi) is 4.06. The summed E-state index contributed by atoms with van der Waals surface area (Å²) in [7, 11) is 0. The lowest BCUT2D eigenvalue weighted by molar-refractivity contribution is -0.143. The van der Waals surface area contributed by atoms with Gasteiger partial charge in [-0.2, -0.15) is 0 Å². The van der Waals surface area contributed by atoms with Crippen LogP contribution < -0.4 is 0 Å². The third-order valence-corrected chi connectivity index (χ3v) is 4.64. The number of Topliss-reactive ketones (excluding diaryl/α,β-unsaturated/α-hetero) is 1. The number of likely N-dealkylation sites (tertiary alicyclic amines) is 1. The average molecular weight is 287 g/mol. The van der Waals surface area contributed by atoms with Crippen LogP contribution in [0, 0.1) is 5.92 Å². The molecule has 1 atom stereocenters. The SMILES string of the molecule is O=C(CN1CCCC(C(=O)O)C1)c1ccc2c(c1)CCC2. The Bertz CT molecular complexity index is 567. The van der Waals surface area contributed by atoms with Gasteiger partial charge in [0.05, 0.1) is 12.5 Å². The second-order valence-corrected chi connectivity index (χ2v) is 6.17. The Morgan fingerprint density at radius 3 is 2.81 bits per heavy atom. The number of hydrogen-bond acceptors (Lipinski definition) is 3. The lowest BCUT2D eigenvalue weighted by Crippen LogP contribution is -2.41. The molecular weight excluding hydrogens is 266 g/mol. The number of nitrogens with zero attached hydrogens (tertiary/aromatic N) is 1. The van der Waals surface area contributed by atoms with Crippen LogP contribution in [0.4, 0.5) is 0 Å². The van der Waals surface area contributed by atoms with Crippen LogP contribution in [0.2, 0.25) is 0 Å². The fourth-order valence-electron chi connectivity index (χ4n) is 3.44. The maximum atomic E-state index is 12.4. The van der Waals surface area contributed by atoms with Crippen molar-refractivity contribution in [2.75, 3.05) is 19.6 Å². The van der Waals surface area contributed by atoms with Crippen LogP contribution in [0.15, 0.2) is 18.2 Å². The number of piperidine rings is 1. The highest BCUT2D eigenvalue weighted by Gasteiger charge is 2.26. The van der Waals surface area contributed by atoms with E-state index in [0.717, 1.165) is 37.8 Å². The average Bonchev–Trinajstić information content (AvgIpc) is 2.94. The second-order valence-electron chi connectivity index (χ2n) is 6.17. The van der Waals surface area contributed by atoms with Crippen LogP contribution in [0.25, 0.3) is 0 Å². The van der Waals surface area contributed by atoms with Gasteiger partial charge in [-0.15, -0.1) is 0 Å². The number of carbonyl (C=O) groups excluding carboxylic acids is 1. The zero-order valence-corrected chi connectivity index (χ0v) is 12.2. The molecule has 4 nitrogen and oxygen atoms in total. The van der Waals surface area contributed by atoms with E-state index in [9.17, 15) is 9.59 Å². The van der Waals surface area contributed by atoms with E-state index < -0.39 is 5.97 Å². The first kappa shape index (κ1) is 14.3. The molecule has 1 aromatic rings. The summed E-state index contributed by atoms with van der Waals surface area (Å²) in [6.07, 6.45) is 4.95. The topological polar surface area (TPSA) is 57.6 Å². The quantitative estimate of drug-likeness (QED) is 0.862. The molecule has 1 fully saturated rings. The second kappa shape index (κ2) is 5.98. The maximum Gasteiger partial charge on any atom is 0.307 e. The van der Waals surface area contributed by atoms with Crippen LogP contribution >= 0.6 is 0 Å². The third-order valence-electron chi connectivity index (χ3n) is 4.64. The lowest BCUT2D eigenvalue weighted by Gasteiger charge is -2.29. The van der Waals surface area contributed by atoms with E-state index in [0.29, 0.717) is 13.1 Å². The van der Waals surface area contributed by atoms with E-state index in [1.54, 1.807) is 0 Å². The highest BCUT2D eigenvalue weighted by atomic mass is 16.4. The van der Waals surface area contributed by atoms with E-state index in [2.05, 4.69) is 6.07 Å². The number of carboxylic acid groups (broad SMARTS) is 1. The molecule has 21 heavy (non-hydrogen) atoms. The minimum Gasteiger partial charge on any atom is -0.481 e. The first-order valence-corrected chi connectivity index (χ1v) is 7.73. The fraction of sp³-hybridized carbons (Fsp3) is 0.529. The molecule has 0 radical (unpaired) electrons. The summed E-state index contributed by atoms with van der Waals surface area (Å²) in [5, 5.41) is 9.10. The van der Waals surface area contributed by atoms with Gasteiger partial charge in [-0.05, 0) is 55.8 Å². The fourth-order valence-corrected chi connectivity index (χ4v) is 3.44. The number of aliphatic carboxylic acids is 1. The molecule has 0 spiro atoms. The van der Waals surface area contributed by atoms with Crippen molar-refractivity contribution >= 4 is 11.8 Å². The van der Waals surface area contributed by atoms with Crippen molar-refractivity contribution in [2.45, 2.75) is 32.1 Å². The number of rotatable bonds is 4. The van der Waals surface area contributed by atoms with Gasteiger partial charge in [-0.25, -0.2) is 0 Å². The Morgan fingerprint density at radius 2 is 2.00 bits per heavy atom. The van der Waals surface area contributed by atoms with Crippen molar-refractivity contribution < 1.29 is 14.7 Å². The van der Waals surface area contributed by atoms with E-state index in [1.165, 1.54) is 17.5 Å². The zero-order valence-electron chi connectivity index (χ0n) is 12.2. The molecule has 1 aliphatic carbocycles. The summed E-state index contributed by atoms with van der Waals surface area (Å²) >= 11 is 0. The zero-order chi connectivity index (χ0) is 14.8. The van der Waals surface area contributed by atoms with Crippen LogP contribution in [0.5, 0.6) is 0 Å². The standard InChI is InChI=1S/C17H21NO3/c19-16(11-18-8-2-5-15(10-18)17(20)21)14-7-6-12-3-1-4-13(12)9-14/h6-7,9,15H,1-5,8,10-11H2,(H,20,21). The number of carboxylic acids is 1. The van der Waals surface area contributed by atoms with Gasteiger partial charge in [-0.1, -0.05) is 12.1 Å². The summed E-state index contributed by atoms with van der Waals surface area (Å²) in [5.74, 6) is -0.966. The van der Waals surface area contributed by atoms with Gasteiger partial charge in [0.1, 0.15) is 0 Å². The smallest absolute Gasteiger partial charge is 0.307 e. The summed E-state index contributed by atoms with van der Waals surface area (Å²) in [6, 6.07) is 6.03. The predicted octanol–water partition coefficient (Wildman–Crippen LogP) is 2.15. The van der Waals surface area contributed by atoms with Crippen molar-refractivity contribution in [3.63, 3.8) is 0 Å². The first-order chi connectivity index (χ1) is 10.1. The first-order valence-electron chi connectivity index (χ1n) is 7.73. The summed E-state index contributed by atoms with van der Waals surface area (Å²) in [6.45, 7) is 1.65. The molecular formula is C17H21NO3. The van der Waals surface area contributed by atoms with Gasteiger partial charge in [0.25, 0.3) is 0 Å². The van der Waals surface area contributed by atoms with Gasteiger partial charge in [0, 0.05) is 12.1 Å². The highest BCUT2D eigenvalue weighted by Crippen LogP contribution is 2.23. The molecule has 0 aromatic heterocycles.